The fourth-order valence-corrected chi connectivity index (χ4v) is 3.34. The lowest BCUT2D eigenvalue weighted by molar-refractivity contribution is -0.129. The third-order valence-corrected chi connectivity index (χ3v) is 4.57. The van der Waals surface area contributed by atoms with Crippen LogP contribution < -0.4 is 0 Å². The summed E-state index contributed by atoms with van der Waals surface area (Å²) in [6.07, 6.45) is 4.49. The van der Waals surface area contributed by atoms with E-state index in [1.807, 2.05) is 44.2 Å². The number of aliphatic hydroxyl groups is 1. The SMILES string of the molecule is CCCCCCN1C(=O)C(O)=C(C(=O)CC(C)C)C1c1ccccc1. The van der Waals surface area contributed by atoms with E-state index in [1.54, 1.807) is 4.90 Å². The highest BCUT2D eigenvalue weighted by Crippen LogP contribution is 2.38. The molecule has 0 bridgehead atoms. The molecule has 0 saturated carbocycles. The van der Waals surface area contributed by atoms with Crippen molar-refractivity contribution in [2.75, 3.05) is 6.54 Å². The first-order chi connectivity index (χ1) is 12.0. The van der Waals surface area contributed by atoms with Gasteiger partial charge in [-0.3, -0.25) is 9.59 Å². The summed E-state index contributed by atoms with van der Waals surface area (Å²) >= 11 is 0. The summed E-state index contributed by atoms with van der Waals surface area (Å²) in [5.41, 5.74) is 1.14. The molecule has 1 aliphatic heterocycles. The summed E-state index contributed by atoms with van der Waals surface area (Å²) < 4.78 is 0. The van der Waals surface area contributed by atoms with Gasteiger partial charge in [0.25, 0.3) is 5.91 Å². The molecular formula is C21H29NO3. The van der Waals surface area contributed by atoms with Gasteiger partial charge < -0.3 is 10.0 Å². The second-order valence-corrected chi connectivity index (χ2v) is 7.16. The number of hydrogen-bond acceptors (Lipinski definition) is 3. The van der Waals surface area contributed by atoms with E-state index in [4.69, 9.17) is 0 Å². The van der Waals surface area contributed by atoms with Crippen molar-refractivity contribution in [2.24, 2.45) is 5.92 Å². The predicted octanol–water partition coefficient (Wildman–Crippen LogP) is 4.58. The number of carbonyl (C=O) groups is 2. The number of ketones is 1. The molecular weight excluding hydrogens is 314 g/mol. The van der Waals surface area contributed by atoms with Gasteiger partial charge in [-0.15, -0.1) is 0 Å². The van der Waals surface area contributed by atoms with Crippen LogP contribution in [-0.4, -0.2) is 28.2 Å². The van der Waals surface area contributed by atoms with Crippen molar-refractivity contribution < 1.29 is 14.7 Å². The van der Waals surface area contributed by atoms with Gasteiger partial charge in [-0.25, -0.2) is 0 Å². The second kappa shape index (κ2) is 8.84. The van der Waals surface area contributed by atoms with Crippen LogP contribution in [0.3, 0.4) is 0 Å². The number of amides is 1. The molecule has 0 radical (unpaired) electrons. The van der Waals surface area contributed by atoms with Crippen LogP contribution >= 0.6 is 0 Å². The fourth-order valence-electron chi connectivity index (χ4n) is 3.34. The predicted molar refractivity (Wildman–Crippen MR) is 99.2 cm³/mol. The molecule has 0 saturated heterocycles. The zero-order chi connectivity index (χ0) is 18.4. The normalized spacial score (nSPS) is 17.7. The van der Waals surface area contributed by atoms with Crippen LogP contribution in [0.25, 0.3) is 0 Å². The molecule has 0 aromatic heterocycles. The standard InChI is InChI=1S/C21H29NO3/c1-4-5-6-10-13-22-19(16-11-8-7-9-12-16)18(20(24)21(22)25)17(23)14-15(2)3/h7-9,11-12,15,19,24H,4-6,10,13-14H2,1-3H3. The Kier molecular flexibility index (Phi) is 6.80. The van der Waals surface area contributed by atoms with E-state index in [1.165, 1.54) is 0 Å². The van der Waals surface area contributed by atoms with Gasteiger partial charge in [0, 0.05) is 13.0 Å². The average molecular weight is 343 g/mol. The lowest BCUT2D eigenvalue weighted by Gasteiger charge is -2.27. The van der Waals surface area contributed by atoms with Crippen LogP contribution in [0.2, 0.25) is 0 Å². The first kappa shape index (κ1) is 19.2. The van der Waals surface area contributed by atoms with Crippen molar-refractivity contribution in [3.63, 3.8) is 0 Å². The molecule has 0 fully saturated rings. The molecule has 1 N–H and O–H groups in total. The molecule has 0 spiro atoms. The average Bonchev–Trinajstić information content (AvgIpc) is 2.83. The molecule has 2 rings (SSSR count). The highest BCUT2D eigenvalue weighted by molar-refractivity contribution is 6.09. The molecule has 1 aromatic rings. The van der Waals surface area contributed by atoms with Gasteiger partial charge in [-0.05, 0) is 17.9 Å². The Labute approximate surface area is 150 Å². The summed E-state index contributed by atoms with van der Waals surface area (Å²) in [6, 6.07) is 9.06. The van der Waals surface area contributed by atoms with Crippen molar-refractivity contribution in [1.82, 2.24) is 4.90 Å². The molecule has 136 valence electrons. The zero-order valence-electron chi connectivity index (χ0n) is 15.5. The van der Waals surface area contributed by atoms with Crippen LogP contribution in [-0.2, 0) is 9.59 Å². The van der Waals surface area contributed by atoms with E-state index in [0.29, 0.717) is 13.0 Å². The smallest absolute Gasteiger partial charge is 0.290 e. The second-order valence-electron chi connectivity index (χ2n) is 7.16. The molecule has 4 nitrogen and oxygen atoms in total. The summed E-state index contributed by atoms with van der Waals surface area (Å²) in [5, 5.41) is 10.4. The Bertz CT molecular complexity index is 634. The highest BCUT2D eigenvalue weighted by Gasteiger charge is 2.42. The molecule has 1 amide bonds. The molecule has 1 atom stereocenters. The fraction of sp³-hybridized carbons (Fsp3) is 0.524. The quantitative estimate of drug-likeness (QED) is 0.668. The third kappa shape index (κ3) is 4.50. The van der Waals surface area contributed by atoms with Crippen LogP contribution in [0.1, 0.15) is 64.5 Å². The van der Waals surface area contributed by atoms with E-state index in [2.05, 4.69) is 6.92 Å². The van der Waals surface area contributed by atoms with Crippen LogP contribution in [0.15, 0.2) is 41.7 Å². The van der Waals surface area contributed by atoms with Crippen molar-refractivity contribution in [2.45, 2.75) is 58.9 Å². The molecule has 1 unspecified atom stereocenters. The van der Waals surface area contributed by atoms with Gasteiger partial charge in [-0.1, -0.05) is 70.4 Å². The van der Waals surface area contributed by atoms with Crippen LogP contribution in [0.5, 0.6) is 0 Å². The summed E-state index contributed by atoms with van der Waals surface area (Å²) in [5.74, 6) is -0.740. The van der Waals surface area contributed by atoms with E-state index < -0.39 is 11.9 Å². The topological polar surface area (TPSA) is 57.6 Å². The Balaban J connectivity index is 2.32. The van der Waals surface area contributed by atoms with E-state index in [9.17, 15) is 14.7 Å². The maximum Gasteiger partial charge on any atom is 0.290 e. The maximum absolute atomic E-state index is 12.7. The number of hydrogen-bond donors (Lipinski definition) is 1. The number of unbranched alkanes of at least 4 members (excludes halogenated alkanes) is 3. The number of benzene rings is 1. The molecule has 25 heavy (non-hydrogen) atoms. The van der Waals surface area contributed by atoms with Crippen molar-refractivity contribution in [1.29, 1.82) is 0 Å². The van der Waals surface area contributed by atoms with Crippen LogP contribution in [0, 0.1) is 5.92 Å². The van der Waals surface area contributed by atoms with Crippen LogP contribution in [0.4, 0.5) is 0 Å². The maximum atomic E-state index is 12.7. The summed E-state index contributed by atoms with van der Waals surface area (Å²) in [4.78, 5) is 27.0. The largest absolute Gasteiger partial charge is 0.503 e. The minimum absolute atomic E-state index is 0.134. The van der Waals surface area contributed by atoms with E-state index >= 15 is 0 Å². The minimum atomic E-state index is -0.471. The Hall–Kier alpha value is -2.10. The zero-order valence-corrected chi connectivity index (χ0v) is 15.5. The molecule has 0 aliphatic carbocycles. The summed E-state index contributed by atoms with van der Waals surface area (Å²) in [7, 11) is 0. The van der Waals surface area contributed by atoms with Crippen molar-refractivity contribution >= 4 is 11.7 Å². The van der Waals surface area contributed by atoms with Crippen molar-refractivity contribution in [3.8, 4) is 0 Å². The van der Waals surface area contributed by atoms with Gasteiger partial charge in [0.15, 0.2) is 11.5 Å². The lowest BCUT2D eigenvalue weighted by atomic mass is 9.92. The summed E-state index contributed by atoms with van der Waals surface area (Å²) in [6.45, 7) is 6.63. The minimum Gasteiger partial charge on any atom is -0.503 e. The van der Waals surface area contributed by atoms with Crippen molar-refractivity contribution in [3.05, 3.63) is 47.2 Å². The molecule has 4 heteroatoms. The Morgan fingerprint density at radius 1 is 1.16 bits per heavy atom. The number of Topliss-reactive ketones (excluding diaryl/α,β-unsaturated/α-hetero) is 1. The molecule has 1 heterocycles. The van der Waals surface area contributed by atoms with E-state index in [0.717, 1.165) is 31.2 Å². The van der Waals surface area contributed by atoms with Gasteiger partial charge in [0.05, 0.1) is 11.6 Å². The number of rotatable bonds is 9. The van der Waals surface area contributed by atoms with Gasteiger partial charge in [0.1, 0.15) is 0 Å². The Morgan fingerprint density at radius 3 is 2.44 bits per heavy atom. The third-order valence-electron chi connectivity index (χ3n) is 4.57. The highest BCUT2D eigenvalue weighted by atomic mass is 16.3. The van der Waals surface area contributed by atoms with E-state index in [-0.39, 0.29) is 23.0 Å². The number of nitrogens with zero attached hydrogens (tertiary/aromatic N) is 1. The number of carbonyl (C=O) groups excluding carboxylic acids is 2. The number of aliphatic hydroxyl groups excluding tert-OH is 1. The first-order valence-corrected chi connectivity index (χ1v) is 9.29. The van der Waals surface area contributed by atoms with Gasteiger partial charge in [-0.2, -0.15) is 0 Å². The molecule has 1 aromatic carbocycles. The first-order valence-electron chi connectivity index (χ1n) is 9.29. The monoisotopic (exact) mass is 343 g/mol. The Morgan fingerprint density at radius 2 is 1.84 bits per heavy atom. The van der Waals surface area contributed by atoms with Gasteiger partial charge in [0.2, 0.25) is 0 Å². The lowest BCUT2D eigenvalue weighted by Crippen LogP contribution is -2.32. The molecule has 1 aliphatic rings. The van der Waals surface area contributed by atoms with Gasteiger partial charge >= 0.3 is 0 Å².